The zero-order valence-corrected chi connectivity index (χ0v) is 27.9. The van der Waals surface area contributed by atoms with Crippen LogP contribution in [0.5, 0.6) is 11.5 Å². The summed E-state index contributed by atoms with van der Waals surface area (Å²) in [6, 6.07) is 72.0. The van der Waals surface area contributed by atoms with Crippen molar-refractivity contribution in [3.63, 3.8) is 0 Å². The minimum absolute atomic E-state index is 0.546. The summed E-state index contributed by atoms with van der Waals surface area (Å²) in [7, 11) is 0. The molecule has 1 spiro atoms. The number of nitrogens with zero attached hydrogens (tertiary/aromatic N) is 1. The largest absolute Gasteiger partial charge is 0.457 e. The van der Waals surface area contributed by atoms with Gasteiger partial charge in [-0.2, -0.15) is 0 Å². The number of para-hydroxylation sites is 3. The lowest BCUT2D eigenvalue weighted by Crippen LogP contribution is -2.32. The van der Waals surface area contributed by atoms with Crippen molar-refractivity contribution >= 4 is 17.1 Å². The first kappa shape index (κ1) is 29.3. The van der Waals surface area contributed by atoms with Crippen LogP contribution in [0.15, 0.2) is 200 Å². The van der Waals surface area contributed by atoms with E-state index in [1.165, 1.54) is 44.5 Å². The number of ether oxygens (including phenoxy) is 1. The summed E-state index contributed by atoms with van der Waals surface area (Å²) in [6.45, 7) is 0. The van der Waals surface area contributed by atoms with E-state index in [-0.39, 0.29) is 0 Å². The number of hydrogen-bond acceptors (Lipinski definition) is 2. The maximum absolute atomic E-state index is 6.61. The summed E-state index contributed by atoms with van der Waals surface area (Å²) < 4.78 is 6.61. The van der Waals surface area contributed by atoms with Gasteiger partial charge in [-0.15, -0.1) is 0 Å². The van der Waals surface area contributed by atoms with Gasteiger partial charge < -0.3 is 9.64 Å². The third kappa shape index (κ3) is 4.43. The molecular formula is C49H33NO. The Bertz CT molecular complexity index is 2510. The van der Waals surface area contributed by atoms with Gasteiger partial charge >= 0.3 is 0 Å². The van der Waals surface area contributed by atoms with E-state index in [2.05, 4.69) is 205 Å². The first-order valence-corrected chi connectivity index (χ1v) is 17.5. The highest BCUT2D eigenvalue weighted by molar-refractivity contribution is 6.00. The van der Waals surface area contributed by atoms with Crippen molar-refractivity contribution in [2.24, 2.45) is 0 Å². The van der Waals surface area contributed by atoms with E-state index in [0.29, 0.717) is 0 Å². The predicted molar refractivity (Wildman–Crippen MR) is 209 cm³/mol. The van der Waals surface area contributed by atoms with Gasteiger partial charge in [0.15, 0.2) is 0 Å². The van der Waals surface area contributed by atoms with Crippen molar-refractivity contribution in [1.29, 1.82) is 0 Å². The lowest BCUT2D eigenvalue weighted by molar-refractivity contribution is 0.436. The molecular weight excluding hydrogens is 619 g/mol. The SMILES string of the molecule is c1ccc(-c2ccc(N(c3ccccc3-c3ccccc3)c3cccc4c3-c3ccccc3C43c4ccccc4Oc4ccccc43)cc2)cc1. The molecule has 0 saturated carbocycles. The third-order valence-corrected chi connectivity index (χ3v) is 10.6. The fourth-order valence-corrected chi connectivity index (χ4v) is 8.44. The van der Waals surface area contributed by atoms with Gasteiger partial charge in [0.25, 0.3) is 0 Å². The minimum atomic E-state index is -0.546. The maximum atomic E-state index is 6.61. The average molecular weight is 652 g/mol. The van der Waals surface area contributed by atoms with Gasteiger partial charge in [0.1, 0.15) is 11.5 Å². The second kappa shape index (κ2) is 11.8. The summed E-state index contributed by atoms with van der Waals surface area (Å²) in [5.41, 5.74) is 14.9. The van der Waals surface area contributed by atoms with Crippen LogP contribution in [-0.4, -0.2) is 0 Å². The van der Waals surface area contributed by atoms with Crippen LogP contribution < -0.4 is 9.64 Å². The zero-order valence-electron chi connectivity index (χ0n) is 27.9. The smallest absolute Gasteiger partial charge is 0.132 e. The normalized spacial score (nSPS) is 13.0. The minimum Gasteiger partial charge on any atom is -0.457 e. The van der Waals surface area contributed by atoms with Crippen LogP contribution in [0.3, 0.4) is 0 Å². The number of benzene rings is 8. The molecule has 0 aromatic heterocycles. The Kier molecular flexibility index (Phi) is 6.75. The molecule has 51 heavy (non-hydrogen) atoms. The molecule has 2 aliphatic rings. The molecule has 240 valence electrons. The van der Waals surface area contributed by atoms with Crippen molar-refractivity contribution in [1.82, 2.24) is 0 Å². The molecule has 8 aromatic rings. The van der Waals surface area contributed by atoms with E-state index in [4.69, 9.17) is 4.74 Å². The Balaban J connectivity index is 1.28. The summed E-state index contributed by atoms with van der Waals surface area (Å²) >= 11 is 0. The van der Waals surface area contributed by atoms with E-state index in [0.717, 1.165) is 39.7 Å². The first-order chi connectivity index (χ1) is 25.3. The molecule has 10 rings (SSSR count). The molecule has 1 heterocycles. The summed E-state index contributed by atoms with van der Waals surface area (Å²) in [5, 5.41) is 0. The molecule has 0 bridgehead atoms. The van der Waals surface area contributed by atoms with E-state index in [9.17, 15) is 0 Å². The Morgan fingerprint density at radius 3 is 1.51 bits per heavy atom. The first-order valence-electron chi connectivity index (χ1n) is 17.5. The molecule has 2 heteroatoms. The van der Waals surface area contributed by atoms with Crippen molar-refractivity contribution in [2.45, 2.75) is 5.41 Å². The van der Waals surface area contributed by atoms with Crippen molar-refractivity contribution in [3.8, 4) is 44.9 Å². The quantitative estimate of drug-likeness (QED) is 0.184. The molecule has 2 nitrogen and oxygen atoms in total. The fraction of sp³-hybridized carbons (Fsp3) is 0.0204. The van der Waals surface area contributed by atoms with Gasteiger partial charge in [0, 0.05) is 27.9 Å². The predicted octanol–water partition coefficient (Wildman–Crippen LogP) is 13.0. The molecule has 1 aliphatic carbocycles. The molecule has 0 atom stereocenters. The molecule has 8 aromatic carbocycles. The number of hydrogen-bond donors (Lipinski definition) is 0. The number of fused-ring (bicyclic) bond motifs is 9. The van der Waals surface area contributed by atoms with Crippen LogP contribution >= 0.6 is 0 Å². The van der Waals surface area contributed by atoms with Crippen LogP contribution in [-0.2, 0) is 5.41 Å². The van der Waals surface area contributed by atoms with Crippen LogP contribution in [0.2, 0.25) is 0 Å². The molecule has 0 radical (unpaired) electrons. The van der Waals surface area contributed by atoms with Crippen LogP contribution in [0.1, 0.15) is 22.3 Å². The van der Waals surface area contributed by atoms with Crippen LogP contribution in [0, 0.1) is 0 Å². The standard InChI is InChI=1S/C49H33NO/c1-3-16-34(17-4-1)35-30-32-37(33-31-35)50(44-26-12-8-20-38(44)36-18-5-2-6-19-36)45-27-15-25-43-48(45)39-21-7-9-22-40(39)49(43)41-23-10-13-28-46(41)51-47-29-14-11-24-42(47)49/h1-33H. The van der Waals surface area contributed by atoms with Gasteiger partial charge in [-0.25, -0.2) is 0 Å². The summed E-state index contributed by atoms with van der Waals surface area (Å²) in [4.78, 5) is 2.46. The molecule has 0 fully saturated rings. The second-order valence-corrected chi connectivity index (χ2v) is 13.2. The molecule has 0 saturated heterocycles. The van der Waals surface area contributed by atoms with Gasteiger partial charge in [0.05, 0.1) is 16.8 Å². The van der Waals surface area contributed by atoms with Gasteiger partial charge in [-0.1, -0.05) is 164 Å². The molecule has 0 unspecified atom stereocenters. The van der Waals surface area contributed by atoms with Gasteiger partial charge in [-0.05, 0) is 69.8 Å². The van der Waals surface area contributed by atoms with Crippen LogP contribution in [0.4, 0.5) is 17.1 Å². The lowest BCUT2D eigenvalue weighted by Gasteiger charge is -2.39. The highest BCUT2D eigenvalue weighted by atomic mass is 16.5. The number of anilines is 3. The Hall–Kier alpha value is -6.64. The number of rotatable bonds is 5. The maximum Gasteiger partial charge on any atom is 0.132 e. The van der Waals surface area contributed by atoms with Gasteiger partial charge in [-0.3, -0.25) is 0 Å². The Morgan fingerprint density at radius 2 is 0.824 bits per heavy atom. The monoisotopic (exact) mass is 651 g/mol. The highest BCUT2D eigenvalue weighted by Crippen LogP contribution is 2.64. The molecule has 1 aliphatic heterocycles. The lowest BCUT2D eigenvalue weighted by atomic mass is 9.66. The fourth-order valence-electron chi connectivity index (χ4n) is 8.44. The zero-order chi connectivity index (χ0) is 33.8. The van der Waals surface area contributed by atoms with Crippen LogP contribution in [0.25, 0.3) is 33.4 Å². The van der Waals surface area contributed by atoms with Crippen molar-refractivity contribution < 1.29 is 4.74 Å². The highest BCUT2D eigenvalue weighted by Gasteiger charge is 2.51. The second-order valence-electron chi connectivity index (χ2n) is 13.2. The van der Waals surface area contributed by atoms with E-state index >= 15 is 0 Å². The summed E-state index contributed by atoms with van der Waals surface area (Å²) in [6.07, 6.45) is 0. The molecule has 0 amide bonds. The van der Waals surface area contributed by atoms with E-state index in [1.807, 2.05) is 0 Å². The van der Waals surface area contributed by atoms with E-state index in [1.54, 1.807) is 0 Å². The van der Waals surface area contributed by atoms with E-state index < -0.39 is 5.41 Å². The summed E-state index contributed by atoms with van der Waals surface area (Å²) in [5.74, 6) is 1.79. The molecule has 0 N–H and O–H groups in total. The third-order valence-electron chi connectivity index (χ3n) is 10.6. The van der Waals surface area contributed by atoms with Crippen molar-refractivity contribution in [2.75, 3.05) is 4.90 Å². The Labute approximate surface area is 298 Å². The Morgan fingerprint density at radius 1 is 0.333 bits per heavy atom. The topological polar surface area (TPSA) is 12.5 Å². The average Bonchev–Trinajstić information content (AvgIpc) is 3.50. The van der Waals surface area contributed by atoms with Crippen molar-refractivity contribution in [3.05, 3.63) is 222 Å². The van der Waals surface area contributed by atoms with Gasteiger partial charge in [0.2, 0.25) is 0 Å².